The number of urea groups is 2. The molecule has 6 rings (SSSR count). The lowest BCUT2D eigenvalue weighted by Crippen LogP contribution is -2.55. The molecule has 2 fully saturated rings. The highest BCUT2D eigenvalue weighted by molar-refractivity contribution is 6.33. The van der Waals surface area contributed by atoms with Gasteiger partial charge in [-0.05, 0) is 55.5 Å². The number of alkyl halides is 6. The average Bonchev–Trinajstić information content (AvgIpc) is 3.12. The lowest BCUT2D eigenvalue weighted by atomic mass is 10.2. The van der Waals surface area contributed by atoms with E-state index in [-0.39, 0.29) is 17.7 Å². The maximum Gasteiger partial charge on any atom is 0.417 e. The molecule has 0 bridgehead atoms. The second kappa shape index (κ2) is 16.7. The zero-order chi connectivity index (χ0) is 38.3. The maximum absolute atomic E-state index is 12.6. The Hall–Kier alpha value is -5.10. The van der Waals surface area contributed by atoms with Crippen LogP contribution in [0.5, 0.6) is 0 Å². The van der Waals surface area contributed by atoms with Crippen molar-refractivity contribution in [1.82, 2.24) is 29.7 Å². The number of carbonyl (C=O) groups excluding carboxylic acids is 2. The molecular formula is C33H32Cl2F6N10O2. The van der Waals surface area contributed by atoms with Gasteiger partial charge in [-0.15, -0.1) is 0 Å². The van der Waals surface area contributed by atoms with E-state index in [0.29, 0.717) is 79.9 Å². The molecule has 2 aliphatic heterocycles. The summed E-state index contributed by atoms with van der Waals surface area (Å²) in [5.41, 5.74) is -1.73. The number of nitrogens with one attached hydrogen (secondary N) is 2. The molecular weight excluding hydrogens is 753 g/mol. The summed E-state index contributed by atoms with van der Waals surface area (Å²) in [7, 11) is 0. The van der Waals surface area contributed by atoms with Crippen LogP contribution in [-0.2, 0) is 12.4 Å². The van der Waals surface area contributed by atoms with Crippen molar-refractivity contribution in [3.8, 4) is 0 Å². The molecule has 12 nitrogen and oxygen atoms in total. The van der Waals surface area contributed by atoms with Crippen LogP contribution in [0.4, 0.5) is 59.2 Å². The van der Waals surface area contributed by atoms with Crippen molar-refractivity contribution in [2.45, 2.75) is 25.3 Å². The van der Waals surface area contributed by atoms with Crippen LogP contribution in [0.3, 0.4) is 0 Å². The topological polar surface area (TPSA) is 123 Å². The standard InChI is InChI=1S/C17H17ClF3N5O.C16H15ClF3N5O/c1-11-10-25(15-13(18)3-2-6-22-15)7-8-26(11)16(27)24-14-5-4-12(9-23-14)17(19,20)21;17-12-2-1-5-21-14(12)24-6-8-25(9-7-24)15(26)23-13-4-3-11(10-22-13)16(18,19)20/h2-6,9,11H,7-8,10H2,1H3,(H,23,24,27);1-5,10H,6-9H2,(H,22,23,26)/t11-;/m1./s1. The van der Waals surface area contributed by atoms with Crippen molar-refractivity contribution < 1.29 is 35.9 Å². The van der Waals surface area contributed by atoms with E-state index < -0.39 is 35.5 Å². The van der Waals surface area contributed by atoms with E-state index in [1.165, 1.54) is 0 Å². The van der Waals surface area contributed by atoms with Crippen LogP contribution in [0.15, 0.2) is 73.3 Å². The summed E-state index contributed by atoms with van der Waals surface area (Å²) in [6.07, 6.45) is -4.24. The number of nitrogens with zero attached hydrogens (tertiary/aromatic N) is 8. The Morgan fingerprint density at radius 2 is 1.13 bits per heavy atom. The number of hydrogen-bond acceptors (Lipinski definition) is 8. The van der Waals surface area contributed by atoms with Gasteiger partial charge in [-0.2, -0.15) is 26.3 Å². The average molecular weight is 786 g/mol. The molecule has 2 N–H and O–H groups in total. The summed E-state index contributed by atoms with van der Waals surface area (Å²) in [4.78, 5) is 47.7. The first kappa shape index (κ1) is 39.1. The number of carbonyl (C=O) groups is 2. The van der Waals surface area contributed by atoms with E-state index in [4.69, 9.17) is 23.2 Å². The lowest BCUT2D eigenvalue weighted by molar-refractivity contribution is -0.138. The number of aromatic nitrogens is 4. The van der Waals surface area contributed by atoms with Gasteiger partial charge in [-0.3, -0.25) is 10.6 Å². The Balaban J connectivity index is 0.000000204. The Labute approximate surface area is 309 Å². The number of rotatable bonds is 4. The number of piperazine rings is 2. The van der Waals surface area contributed by atoms with E-state index in [9.17, 15) is 35.9 Å². The predicted molar refractivity (Wildman–Crippen MR) is 187 cm³/mol. The molecule has 1 atom stereocenters. The Morgan fingerprint density at radius 3 is 1.57 bits per heavy atom. The van der Waals surface area contributed by atoms with Gasteiger partial charge < -0.3 is 19.6 Å². The number of halogens is 8. The molecule has 0 unspecified atom stereocenters. The second-order valence-electron chi connectivity index (χ2n) is 11.8. The first-order valence-corrected chi connectivity index (χ1v) is 16.8. The van der Waals surface area contributed by atoms with E-state index in [1.807, 2.05) is 16.7 Å². The first-order valence-electron chi connectivity index (χ1n) is 16.0. The minimum absolute atomic E-state index is 0.0652. The van der Waals surface area contributed by atoms with E-state index >= 15 is 0 Å². The molecule has 0 spiro atoms. The maximum atomic E-state index is 12.6. The molecule has 53 heavy (non-hydrogen) atoms. The highest BCUT2D eigenvalue weighted by Gasteiger charge is 2.33. The van der Waals surface area contributed by atoms with Crippen molar-refractivity contribution in [3.05, 3.63) is 94.5 Å². The molecule has 0 aromatic carbocycles. The van der Waals surface area contributed by atoms with E-state index in [2.05, 4.69) is 30.6 Å². The summed E-state index contributed by atoms with van der Waals surface area (Å²) in [6, 6.07) is 10.0. The molecule has 282 valence electrons. The molecule has 0 saturated carbocycles. The van der Waals surface area contributed by atoms with Crippen molar-refractivity contribution in [1.29, 1.82) is 0 Å². The number of pyridine rings is 4. The van der Waals surface area contributed by atoms with Crippen LogP contribution in [0.1, 0.15) is 18.1 Å². The van der Waals surface area contributed by atoms with E-state index in [1.54, 1.807) is 46.5 Å². The fraction of sp³-hybridized carbons (Fsp3) is 0.333. The Bertz CT molecular complexity index is 1860. The Kier molecular flexibility index (Phi) is 12.3. The third kappa shape index (κ3) is 10.3. The lowest BCUT2D eigenvalue weighted by Gasteiger charge is -2.40. The molecule has 6 heterocycles. The highest BCUT2D eigenvalue weighted by Crippen LogP contribution is 2.30. The van der Waals surface area contributed by atoms with Crippen LogP contribution in [0.25, 0.3) is 0 Å². The molecule has 20 heteroatoms. The van der Waals surface area contributed by atoms with Crippen molar-refractivity contribution in [2.75, 3.05) is 66.2 Å². The first-order chi connectivity index (χ1) is 25.1. The quantitative estimate of drug-likeness (QED) is 0.206. The molecule has 2 aliphatic rings. The molecule has 4 aromatic heterocycles. The number of anilines is 4. The third-order valence-electron chi connectivity index (χ3n) is 8.18. The van der Waals surface area contributed by atoms with Crippen LogP contribution in [0.2, 0.25) is 10.0 Å². The predicted octanol–water partition coefficient (Wildman–Crippen LogP) is 7.39. The minimum Gasteiger partial charge on any atom is -0.352 e. The fourth-order valence-electron chi connectivity index (χ4n) is 5.43. The monoisotopic (exact) mass is 784 g/mol. The smallest absolute Gasteiger partial charge is 0.352 e. The summed E-state index contributed by atoms with van der Waals surface area (Å²) in [5.74, 6) is 1.46. The van der Waals surface area contributed by atoms with E-state index in [0.717, 1.165) is 24.3 Å². The minimum atomic E-state index is -4.47. The van der Waals surface area contributed by atoms with Gasteiger partial charge in [0.1, 0.15) is 23.3 Å². The van der Waals surface area contributed by atoms with Crippen LogP contribution >= 0.6 is 23.2 Å². The zero-order valence-electron chi connectivity index (χ0n) is 27.9. The zero-order valence-corrected chi connectivity index (χ0v) is 29.4. The van der Waals surface area contributed by atoms with Gasteiger partial charge in [0.25, 0.3) is 0 Å². The highest BCUT2D eigenvalue weighted by atomic mass is 35.5. The van der Waals surface area contributed by atoms with Crippen LogP contribution < -0.4 is 20.4 Å². The van der Waals surface area contributed by atoms with Gasteiger partial charge >= 0.3 is 24.4 Å². The van der Waals surface area contributed by atoms with Crippen molar-refractivity contribution >= 4 is 58.5 Å². The third-order valence-corrected chi connectivity index (χ3v) is 8.77. The number of hydrogen-bond donors (Lipinski definition) is 2. The molecule has 0 aliphatic carbocycles. The summed E-state index contributed by atoms with van der Waals surface area (Å²) < 4.78 is 75.3. The summed E-state index contributed by atoms with van der Waals surface area (Å²) >= 11 is 12.3. The molecule has 4 aromatic rings. The van der Waals surface area contributed by atoms with Gasteiger partial charge in [-0.25, -0.2) is 29.5 Å². The normalized spacial score (nSPS) is 16.4. The van der Waals surface area contributed by atoms with Crippen molar-refractivity contribution in [2.24, 2.45) is 0 Å². The Morgan fingerprint density at radius 1 is 0.660 bits per heavy atom. The largest absolute Gasteiger partial charge is 0.417 e. The van der Waals surface area contributed by atoms with Gasteiger partial charge in [0.15, 0.2) is 0 Å². The van der Waals surface area contributed by atoms with Gasteiger partial charge in [-0.1, -0.05) is 23.2 Å². The summed E-state index contributed by atoms with van der Waals surface area (Å²) in [6.45, 7) is 5.32. The van der Waals surface area contributed by atoms with Crippen molar-refractivity contribution in [3.63, 3.8) is 0 Å². The van der Waals surface area contributed by atoms with Crippen LogP contribution in [-0.4, -0.2) is 93.7 Å². The SMILES string of the molecule is C[C@@H]1CN(c2ncccc2Cl)CCN1C(=O)Nc1ccc(C(F)(F)F)cn1.O=C(Nc1ccc(C(F)(F)F)cn1)N1CCN(c2ncccc2Cl)CC1. The van der Waals surface area contributed by atoms with Crippen LogP contribution in [0, 0.1) is 0 Å². The molecule has 4 amide bonds. The van der Waals surface area contributed by atoms with Gasteiger partial charge in [0.05, 0.1) is 21.2 Å². The fourth-order valence-corrected chi connectivity index (χ4v) is 5.92. The van der Waals surface area contributed by atoms with Gasteiger partial charge in [0, 0.05) is 76.6 Å². The molecule has 0 radical (unpaired) electrons. The number of amides is 4. The second-order valence-corrected chi connectivity index (χ2v) is 12.6. The summed E-state index contributed by atoms with van der Waals surface area (Å²) in [5, 5.41) is 6.12. The molecule has 2 saturated heterocycles. The van der Waals surface area contributed by atoms with Gasteiger partial charge in [0.2, 0.25) is 0 Å².